The fourth-order valence-electron chi connectivity index (χ4n) is 5.34. The van der Waals surface area contributed by atoms with Crippen LogP contribution in [0.1, 0.15) is 48.9 Å². The van der Waals surface area contributed by atoms with Crippen molar-refractivity contribution in [3.05, 3.63) is 46.5 Å². The summed E-state index contributed by atoms with van der Waals surface area (Å²) in [5, 5.41) is 0. The molecular weight excluding hydrogens is 493 g/mol. The Bertz CT molecular complexity index is 1010. The number of fused-ring (bicyclic) bond motifs is 5. The zero-order valence-corrected chi connectivity index (χ0v) is 20.2. The van der Waals surface area contributed by atoms with Gasteiger partial charge in [-0.1, -0.05) is 19.9 Å². The van der Waals surface area contributed by atoms with Gasteiger partial charge in [0.1, 0.15) is 0 Å². The maximum atomic E-state index is 5.89. The predicted octanol–water partition coefficient (Wildman–Crippen LogP) is 5.44. The van der Waals surface area contributed by atoms with Crippen molar-refractivity contribution in [2.75, 3.05) is 27.6 Å². The summed E-state index contributed by atoms with van der Waals surface area (Å²) < 4.78 is 22.8. The largest absolute Gasteiger partial charge is 0.493 e. The van der Waals surface area contributed by atoms with Gasteiger partial charge < -0.3 is 23.8 Å². The molecule has 160 valence electrons. The predicted molar refractivity (Wildman–Crippen MR) is 128 cm³/mol. The molecule has 0 radical (unpaired) electrons. The lowest BCUT2D eigenvalue weighted by Crippen LogP contribution is -2.49. The molecule has 0 saturated heterocycles. The van der Waals surface area contributed by atoms with Gasteiger partial charge in [0.25, 0.3) is 0 Å². The third-order valence-corrected chi connectivity index (χ3v) is 6.79. The number of hydrogen-bond acceptors (Lipinski definition) is 5. The van der Waals surface area contributed by atoms with Crippen LogP contribution in [-0.4, -0.2) is 32.5 Å². The van der Waals surface area contributed by atoms with Gasteiger partial charge in [-0.2, -0.15) is 0 Å². The molecule has 0 spiro atoms. The van der Waals surface area contributed by atoms with Crippen molar-refractivity contribution in [2.45, 2.75) is 38.6 Å². The summed E-state index contributed by atoms with van der Waals surface area (Å²) in [5.41, 5.74) is 6.11. The molecule has 6 heteroatoms. The summed E-state index contributed by atoms with van der Waals surface area (Å²) in [6.45, 7) is 5.79. The van der Waals surface area contributed by atoms with E-state index >= 15 is 0 Å². The van der Waals surface area contributed by atoms with Crippen LogP contribution in [0.25, 0.3) is 11.8 Å². The Morgan fingerprint density at radius 2 is 1.77 bits per heavy atom. The van der Waals surface area contributed by atoms with Gasteiger partial charge in [-0.25, -0.2) is 0 Å². The molecule has 5 nitrogen and oxygen atoms in total. The number of hydrogen-bond donors (Lipinski definition) is 0. The minimum Gasteiger partial charge on any atom is -0.493 e. The topological polar surface area (TPSA) is 40.2 Å². The van der Waals surface area contributed by atoms with Gasteiger partial charge >= 0.3 is 0 Å². The standard InChI is InChI=1S/C24H27NO4.HI/c1-5-24(6-2)22-16(7-8-19(26-3)23(22)27-4)11-18-17-13-21-20(28-14-29-21)12-15(17)9-10-25(18)24;/h7-8,11-13H,5-6,9-10,14H2,1-4H3;1H. The number of halogens is 1. The first-order valence-electron chi connectivity index (χ1n) is 10.3. The molecule has 5 rings (SSSR count). The monoisotopic (exact) mass is 521 g/mol. The third-order valence-electron chi connectivity index (χ3n) is 6.79. The molecule has 0 fully saturated rings. The lowest BCUT2D eigenvalue weighted by Gasteiger charge is -2.52. The molecule has 0 atom stereocenters. The molecule has 3 aliphatic rings. The summed E-state index contributed by atoms with van der Waals surface area (Å²) >= 11 is 0. The van der Waals surface area contributed by atoms with Crippen molar-refractivity contribution in [1.82, 2.24) is 4.90 Å². The molecule has 0 unspecified atom stereocenters. The smallest absolute Gasteiger partial charge is 0.231 e. The van der Waals surface area contributed by atoms with Crippen LogP contribution in [0.5, 0.6) is 23.0 Å². The summed E-state index contributed by atoms with van der Waals surface area (Å²) in [6.07, 6.45) is 5.24. The van der Waals surface area contributed by atoms with Crippen LogP contribution in [0.15, 0.2) is 24.3 Å². The average molecular weight is 521 g/mol. The summed E-state index contributed by atoms with van der Waals surface area (Å²) in [6, 6.07) is 8.46. The Hall–Kier alpha value is -2.09. The molecule has 3 aliphatic heterocycles. The maximum absolute atomic E-state index is 5.89. The highest BCUT2D eigenvalue weighted by Gasteiger charge is 2.45. The van der Waals surface area contributed by atoms with Crippen molar-refractivity contribution in [3.8, 4) is 23.0 Å². The van der Waals surface area contributed by atoms with Crippen LogP contribution in [0.4, 0.5) is 0 Å². The summed E-state index contributed by atoms with van der Waals surface area (Å²) in [7, 11) is 3.44. The Morgan fingerprint density at radius 1 is 1.03 bits per heavy atom. The second-order valence-electron chi connectivity index (χ2n) is 7.80. The number of rotatable bonds is 4. The third kappa shape index (κ3) is 2.79. The van der Waals surface area contributed by atoms with E-state index in [1.54, 1.807) is 14.2 Å². The molecule has 0 amide bonds. The van der Waals surface area contributed by atoms with Gasteiger partial charge in [0.2, 0.25) is 6.79 Å². The van der Waals surface area contributed by atoms with Gasteiger partial charge in [-0.05, 0) is 54.7 Å². The van der Waals surface area contributed by atoms with E-state index in [4.69, 9.17) is 18.9 Å². The van der Waals surface area contributed by atoms with E-state index in [0.29, 0.717) is 6.79 Å². The van der Waals surface area contributed by atoms with Gasteiger partial charge in [0.05, 0.1) is 19.8 Å². The molecule has 0 saturated carbocycles. The van der Waals surface area contributed by atoms with E-state index in [1.165, 1.54) is 28.0 Å². The first kappa shape index (κ1) is 21.2. The maximum Gasteiger partial charge on any atom is 0.231 e. The number of nitrogens with zero attached hydrogens (tertiary/aromatic N) is 1. The Morgan fingerprint density at radius 3 is 2.43 bits per heavy atom. The fourth-order valence-corrected chi connectivity index (χ4v) is 5.34. The average Bonchev–Trinajstić information content (AvgIpc) is 3.22. The molecule has 30 heavy (non-hydrogen) atoms. The fraction of sp³-hybridized carbons (Fsp3) is 0.417. The lowest BCUT2D eigenvalue weighted by molar-refractivity contribution is 0.134. The second kappa shape index (κ2) is 7.87. The first-order valence-corrected chi connectivity index (χ1v) is 10.3. The van der Waals surface area contributed by atoms with E-state index in [1.807, 2.05) is 6.07 Å². The van der Waals surface area contributed by atoms with Crippen LogP contribution in [0.2, 0.25) is 0 Å². The molecule has 3 heterocycles. The Balaban J connectivity index is 0.00000218. The molecule has 0 aromatic heterocycles. The van der Waals surface area contributed by atoms with E-state index < -0.39 is 0 Å². The minimum atomic E-state index is -0.145. The van der Waals surface area contributed by atoms with Crippen LogP contribution < -0.4 is 18.9 Å². The molecule has 0 aliphatic carbocycles. The van der Waals surface area contributed by atoms with Crippen molar-refractivity contribution >= 4 is 35.7 Å². The van der Waals surface area contributed by atoms with Crippen molar-refractivity contribution in [2.24, 2.45) is 0 Å². The number of methoxy groups -OCH3 is 2. The Labute approximate surface area is 195 Å². The minimum absolute atomic E-state index is 0. The highest BCUT2D eigenvalue weighted by molar-refractivity contribution is 14.0. The van der Waals surface area contributed by atoms with E-state index in [0.717, 1.165) is 48.8 Å². The number of ether oxygens (including phenoxy) is 4. The molecule has 0 N–H and O–H groups in total. The SMILES string of the molecule is CCC1(CC)c2c(ccc(OC)c2OC)C=C2c3cc4c(cc3CCN21)OCO4.I. The van der Waals surface area contributed by atoms with Crippen LogP contribution in [-0.2, 0) is 12.0 Å². The van der Waals surface area contributed by atoms with E-state index in [2.05, 4.69) is 43.0 Å². The molecule has 0 bridgehead atoms. The highest BCUT2D eigenvalue weighted by atomic mass is 127. The molecule has 2 aromatic rings. The van der Waals surface area contributed by atoms with Crippen LogP contribution >= 0.6 is 24.0 Å². The van der Waals surface area contributed by atoms with Gasteiger partial charge in [0, 0.05) is 23.4 Å². The first-order chi connectivity index (χ1) is 14.2. The van der Waals surface area contributed by atoms with Crippen LogP contribution in [0.3, 0.4) is 0 Å². The van der Waals surface area contributed by atoms with E-state index in [9.17, 15) is 0 Å². The zero-order chi connectivity index (χ0) is 20.2. The van der Waals surface area contributed by atoms with Crippen molar-refractivity contribution < 1.29 is 18.9 Å². The highest BCUT2D eigenvalue weighted by Crippen LogP contribution is 2.54. The molecule has 2 aromatic carbocycles. The van der Waals surface area contributed by atoms with Crippen molar-refractivity contribution in [3.63, 3.8) is 0 Å². The van der Waals surface area contributed by atoms with Crippen LogP contribution in [0, 0.1) is 0 Å². The quantitative estimate of drug-likeness (QED) is 0.502. The molecular formula is C24H28INO4. The van der Waals surface area contributed by atoms with Gasteiger partial charge in [-0.15, -0.1) is 24.0 Å². The lowest BCUT2D eigenvalue weighted by atomic mass is 9.74. The zero-order valence-electron chi connectivity index (χ0n) is 17.9. The van der Waals surface area contributed by atoms with Crippen molar-refractivity contribution in [1.29, 1.82) is 0 Å². The van der Waals surface area contributed by atoms with Gasteiger partial charge in [0.15, 0.2) is 23.0 Å². The second-order valence-corrected chi connectivity index (χ2v) is 7.80. The normalized spacial score (nSPS) is 17.2. The van der Waals surface area contributed by atoms with E-state index in [-0.39, 0.29) is 29.5 Å². The Kier molecular flexibility index (Phi) is 5.55. The summed E-state index contributed by atoms with van der Waals surface area (Å²) in [5.74, 6) is 3.33. The van der Waals surface area contributed by atoms with Gasteiger partial charge in [-0.3, -0.25) is 0 Å². The summed E-state index contributed by atoms with van der Waals surface area (Å²) in [4.78, 5) is 2.57. The number of benzene rings is 2.